The van der Waals surface area contributed by atoms with E-state index in [2.05, 4.69) is 55.3 Å². The number of fused-ring (bicyclic) bond motifs is 1. The van der Waals surface area contributed by atoms with Crippen LogP contribution in [0.1, 0.15) is 53.9 Å². The van der Waals surface area contributed by atoms with E-state index in [1.165, 1.54) is 0 Å². The number of nitrogens with one attached hydrogen (secondary N) is 2. The van der Waals surface area contributed by atoms with Crippen molar-refractivity contribution in [3.8, 4) is 0 Å². The average molecular weight is 393 g/mol. The van der Waals surface area contributed by atoms with Gasteiger partial charge in [-0.25, -0.2) is 14.6 Å². The molecule has 1 amide bonds. The lowest BCUT2D eigenvalue weighted by molar-refractivity contribution is -0.122. The van der Waals surface area contributed by atoms with E-state index in [1.54, 1.807) is 18.0 Å². The van der Waals surface area contributed by atoms with Gasteiger partial charge in [0.15, 0.2) is 10.8 Å². The second-order valence-corrected chi connectivity index (χ2v) is 8.88. The molecular formula is C19H32N6OS. The maximum absolute atomic E-state index is 12.0. The maximum Gasteiger partial charge on any atom is 0.220 e. The summed E-state index contributed by atoms with van der Waals surface area (Å²) in [5.41, 5.74) is 0.799. The van der Waals surface area contributed by atoms with Crippen LogP contribution in [0.2, 0.25) is 0 Å². The van der Waals surface area contributed by atoms with Crippen LogP contribution in [0.25, 0.3) is 11.0 Å². The van der Waals surface area contributed by atoms with E-state index in [1.807, 2.05) is 4.68 Å². The second-order valence-electron chi connectivity index (χ2n) is 7.82. The Labute approximate surface area is 166 Å². The Hall–Kier alpha value is -1.83. The first-order chi connectivity index (χ1) is 12.8. The number of amides is 1. The minimum absolute atomic E-state index is 0.0129. The van der Waals surface area contributed by atoms with Crippen LogP contribution in [-0.2, 0) is 11.3 Å². The number of thioether (sulfide) groups is 1. The Morgan fingerprint density at radius 1 is 1.19 bits per heavy atom. The Morgan fingerprint density at radius 2 is 1.96 bits per heavy atom. The third kappa shape index (κ3) is 6.68. The van der Waals surface area contributed by atoms with Gasteiger partial charge in [0.1, 0.15) is 5.82 Å². The molecular weight excluding hydrogens is 360 g/mol. The summed E-state index contributed by atoms with van der Waals surface area (Å²) in [4.78, 5) is 21.4. The smallest absolute Gasteiger partial charge is 0.220 e. The molecule has 2 heterocycles. The van der Waals surface area contributed by atoms with Gasteiger partial charge >= 0.3 is 0 Å². The van der Waals surface area contributed by atoms with E-state index in [4.69, 9.17) is 4.98 Å². The molecule has 2 aromatic heterocycles. The SMILES string of the molecule is CCCNc1nc(SCCC)nc2c1cnn2CCNC(=O)CC(C)(C)C. The fourth-order valence-electron chi connectivity index (χ4n) is 2.58. The fraction of sp³-hybridized carbons (Fsp3) is 0.684. The largest absolute Gasteiger partial charge is 0.369 e. The molecule has 0 aliphatic heterocycles. The van der Waals surface area contributed by atoms with Gasteiger partial charge < -0.3 is 10.6 Å². The molecule has 0 atom stereocenters. The van der Waals surface area contributed by atoms with Gasteiger partial charge in [-0.2, -0.15) is 5.10 Å². The van der Waals surface area contributed by atoms with Crippen molar-refractivity contribution in [2.45, 2.75) is 65.6 Å². The van der Waals surface area contributed by atoms with Crippen molar-refractivity contribution in [3.63, 3.8) is 0 Å². The van der Waals surface area contributed by atoms with Gasteiger partial charge in [-0.3, -0.25) is 4.79 Å². The van der Waals surface area contributed by atoms with E-state index in [0.717, 1.165) is 47.1 Å². The van der Waals surface area contributed by atoms with E-state index in [-0.39, 0.29) is 11.3 Å². The zero-order valence-electron chi connectivity index (χ0n) is 17.1. The van der Waals surface area contributed by atoms with Gasteiger partial charge in [0.25, 0.3) is 0 Å². The quantitative estimate of drug-likeness (QED) is 0.474. The first-order valence-corrected chi connectivity index (χ1v) is 10.7. The predicted octanol–water partition coefficient (Wildman–Crippen LogP) is 3.70. The Morgan fingerprint density at radius 3 is 2.63 bits per heavy atom. The molecule has 0 aliphatic rings. The first-order valence-electron chi connectivity index (χ1n) is 9.71. The van der Waals surface area contributed by atoms with Crippen molar-refractivity contribution in [3.05, 3.63) is 6.20 Å². The van der Waals surface area contributed by atoms with E-state index in [9.17, 15) is 4.79 Å². The topological polar surface area (TPSA) is 84.7 Å². The van der Waals surface area contributed by atoms with Crippen molar-refractivity contribution in [1.29, 1.82) is 0 Å². The predicted molar refractivity (Wildman–Crippen MR) is 112 cm³/mol. The number of hydrogen-bond acceptors (Lipinski definition) is 6. The molecule has 7 nitrogen and oxygen atoms in total. The van der Waals surface area contributed by atoms with Crippen LogP contribution < -0.4 is 10.6 Å². The zero-order chi connectivity index (χ0) is 19.9. The number of carbonyl (C=O) groups is 1. The molecule has 0 saturated carbocycles. The standard InChI is InChI=1S/C19H32N6OS/c1-6-8-21-16-14-13-22-25(10-9-20-15(26)12-19(3,4)5)17(14)24-18(23-16)27-11-7-2/h13H,6-12H2,1-5H3,(H,20,26)(H,21,23,24). The van der Waals surface area contributed by atoms with Gasteiger partial charge in [-0.15, -0.1) is 0 Å². The second kappa shape index (κ2) is 9.92. The molecule has 0 bridgehead atoms. The van der Waals surface area contributed by atoms with Crippen LogP contribution in [0.4, 0.5) is 5.82 Å². The molecule has 0 aromatic carbocycles. The van der Waals surface area contributed by atoms with Crippen molar-refractivity contribution in [2.24, 2.45) is 5.41 Å². The summed E-state index contributed by atoms with van der Waals surface area (Å²) in [5.74, 6) is 1.89. The van der Waals surface area contributed by atoms with Crippen LogP contribution in [0.15, 0.2) is 11.4 Å². The van der Waals surface area contributed by atoms with Crippen LogP contribution >= 0.6 is 11.8 Å². The lowest BCUT2D eigenvalue weighted by Crippen LogP contribution is -2.30. The summed E-state index contributed by atoms with van der Waals surface area (Å²) in [5, 5.41) is 12.5. The molecule has 0 fully saturated rings. The fourth-order valence-corrected chi connectivity index (χ4v) is 3.27. The van der Waals surface area contributed by atoms with Gasteiger partial charge in [0, 0.05) is 25.3 Å². The number of hydrogen-bond donors (Lipinski definition) is 2. The molecule has 150 valence electrons. The van der Waals surface area contributed by atoms with Crippen LogP contribution in [0.5, 0.6) is 0 Å². The molecule has 2 aromatic rings. The highest BCUT2D eigenvalue weighted by molar-refractivity contribution is 7.99. The van der Waals surface area contributed by atoms with E-state index < -0.39 is 0 Å². The van der Waals surface area contributed by atoms with Crippen molar-refractivity contribution in [1.82, 2.24) is 25.1 Å². The van der Waals surface area contributed by atoms with E-state index in [0.29, 0.717) is 19.5 Å². The molecule has 27 heavy (non-hydrogen) atoms. The first kappa shape index (κ1) is 21.5. The maximum atomic E-state index is 12.0. The Balaban J connectivity index is 2.13. The van der Waals surface area contributed by atoms with Gasteiger partial charge in [-0.1, -0.05) is 46.4 Å². The van der Waals surface area contributed by atoms with Crippen LogP contribution in [0, 0.1) is 5.41 Å². The number of anilines is 1. The van der Waals surface area contributed by atoms with Gasteiger partial charge in [-0.05, 0) is 18.3 Å². The third-order valence-electron chi connectivity index (χ3n) is 3.79. The Kier molecular flexibility index (Phi) is 7.89. The van der Waals surface area contributed by atoms with E-state index >= 15 is 0 Å². The van der Waals surface area contributed by atoms with Crippen molar-refractivity contribution in [2.75, 3.05) is 24.2 Å². The molecule has 2 rings (SSSR count). The molecule has 0 spiro atoms. The summed E-state index contributed by atoms with van der Waals surface area (Å²) < 4.78 is 1.85. The zero-order valence-corrected chi connectivity index (χ0v) is 17.9. The summed E-state index contributed by atoms with van der Waals surface area (Å²) in [6.45, 7) is 12.4. The lowest BCUT2D eigenvalue weighted by Gasteiger charge is -2.17. The summed E-state index contributed by atoms with van der Waals surface area (Å²) in [6.07, 6.45) is 4.41. The minimum Gasteiger partial charge on any atom is -0.369 e. The normalized spacial score (nSPS) is 11.7. The highest BCUT2D eigenvalue weighted by atomic mass is 32.2. The third-order valence-corrected chi connectivity index (χ3v) is 4.84. The highest BCUT2D eigenvalue weighted by Gasteiger charge is 2.16. The van der Waals surface area contributed by atoms with Crippen LogP contribution in [0.3, 0.4) is 0 Å². The number of rotatable bonds is 10. The number of aromatic nitrogens is 4. The Bertz CT molecular complexity index is 752. The van der Waals surface area contributed by atoms with Gasteiger partial charge in [0.05, 0.1) is 18.1 Å². The minimum atomic E-state index is -0.0129. The summed E-state index contributed by atoms with van der Waals surface area (Å²) >= 11 is 1.66. The monoisotopic (exact) mass is 392 g/mol. The lowest BCUT2D eigenvalue weighted by atomic mass is 9.92. The molecule has 0 unspecified atom stereocenters. The average Bonchev–Trinajstić information content (AvgIpc) is 2.99. The molecule has 0 aliphatic carbocycles. The molecule has 0 saturated heterocycles. The molecule has 8 heteroatoms. The molecule has 0 radical (unpaired) electrons. The van der Waals surface area contributed by atoms with Crippen molar-refractivity contribution < 1.29 is 4.79 Å². The summed E-state index contributed by atoms with van der Waals surface area (Å²) in [6, 6.07) is 0. The summed E-state index contributed by atoms with van der Waals surface area (Å²) in [7, 11) is 0. The number of carbonyl (C=O) groups excluding carboxylic acids is 1. The van der Waals surface area contributed by atoms with Crippen molar-refractivity contribution >= 4 is 34.5 Å². The molecule has 2 N–H and O–H groups in total. The number of nitrogens with zero attached hydrogens (tertiary/aromatic N) is 4. The van der Waals surface area contributed by atoms with Crippen LogP contribution in [-0.4, -0.2) is 44.5 Å². The van der Waals surface area contributed by atoms with Gasteiger partial charge in [0.2, 0.25) is 5.91 Å². The highest BCUT2D eigenvalue weighted by Crippen LogP contribution is 2.24.